The summed E-state index contributed by atoms with van der Waals surface area (Å²) in [7, 11) is 0. The van der Waals surface area contributed by atoms with Crippen LogP contribution in [0.4, 0.5) is 0 Å². The lowest BCUT2D eigenvalue weighted by molar-refractivity contribution is -0.136. The lowest BCUT2D eigenvalue weighted by atomic mass is 10.0. The van der Waals surface area contributed by atoms with Gasteiger partial charge in [0.05, 0.1) is 11.3 Å². The highest BCUT2D eigenvalue weighted by Gasteiger charge is 2.23. The number of ether oxygens (including phenoxy) is 1. The van der Waals surface area contributed by atoms with Crippen molar-refractivity contribution >= 4 is 29.5 Å². The van der Waals surface area contributed by atoms with E-state index in [1.807, 2.05) is 17.0 Å². The number of nitrogens with zero attached hydrogens (tertiary/aromatic N) is 2. The smallest absolute Gasteiger partial charge is 0.339 e. The predicted octanol–water partition coefficient (Wildman–Crippen LogP) is 2.82. The van der Waals surface area contributed by atoms with E-state index in [1.54, 1.807) is 17.0 Å². The Bertz CT molecular complexity index is 718. The molecule has 0 aromatic heterocycles. The van der Waals surface area contributed by atoms with Crippen LogP contribution in [-0.4, -0.2) is 66.1 Å². The second-order valence-corrected chi connectivity index (χ2v) is 8.55. The van der Waals surface area contributed by atoms with E-state index in [0.29, 0.717) is 22.1 Å². The fourth-order valence-corrected chi connectivity index (χ4v) is 4.61. The molecule has 2 aliphatic heterocycles. The van der Waals surface area contributed by atoms with E-state index in [9.17, 15) is 14.4 Å². The number of hydrogen-bond donors (Lipinski definition) is 0. The van der Waals surface area contributed by atoms with Crippen LogP contribution in [0.15, 0.2) is 29.2 Å². The zero-order chi connectivity index (χ0) is 19.9. The lowest BCUT2D eigenvalue weighted by Crippen LogP contribution is -2.41. The summed E-state index contributed by atoms with van der Waals surface area (Å²) in [5.74, 6) is 0.220. The van der Waals surface area contributed by atoms with Crippen LogP contribution in [0.25, 0.3) is 0 Å². The Morgan fingerprint density at radius 2 is 1.75 bits per heavy atom. The van der Waals surface area contributed by atoms with Crippen LogP contribution in [0.2, 0.25) is 0 Å². The quantitative estimate of drug-likeness (QED) is 0.539. The van der Waals surface area contributed by atoms with Gasteiger partial charge in [-0.1, -0.05) is 19.1 Å². The van der Waals surface area contributed by atoms with Crippen molar-refractivity contribution in [1.29, 1.82) is 0 Å². The number of amides is 2. The van der Waals surface area contributed by atoms with Gasteiger partial charge in [-0.3, -0.25) is 9.59 Å². The molecule has 152 valence electrons. The Morgan fingerprint density at radius 1 is 1.04 bits per heavy atom. The molecule has 2 amide bonds. The van der Waals surface area contributed by atoms with Crippen LogP contribution in [0.5, 0.6) is 0 Å². The summed E-state index contributed by atoms with van der Waals surface area (Å²) >= 11 is 1.35. The van der Waals surface area contributed by atoms with Gasteiger partial charge in [0.1, 0.15) is 0 Å². The Hall–Kier alpha value is -2.02. The number of piperidine rings is 1. The van der Waals surface area contributed by atoms with Crippen molar-refractivity contribution < 1.29 is 19.1 Å². The highest BCUT2D eigenvalue weighted by molar-refractivity contribution is 8.00. The van der Waals surface area contributed by atoms with E-state index in [1.165, 1.54) is 11.8 Å². The molecular formula is C21H28N2O4S. The third-order valence-corrected chi connectivity index (χ3v) is 6.31. The summed E-state index contributed by atoms with van der Waals surface area (Å²) in [5, 5.41) is 0. The monoisotopic (exact) mass is 404 g/mol. The summed E-state index contributed by atoms with van der Waals surface area (Å²) < 4.78 is 5.29. The van der Waals surface area contributed by atoms with Crippen LogP contribution >= 0.6 is 11.8 Å². The molecule has 1 aromatic rings. The molecule has 2 aliphatic rings. The van der Waals surface area contributed by atoms with Gasteiger partial charge in [-0.25, -0.2) is 4.79 Å². The van der Waals surface area contributed by atoms with Crippen LogP contribution in [0, 0.1) is 5.92 Å². The number of carbonyl (C=O) groups excluding carboxylic acids is 3. The van der Waals surface area contributed by atoms with Crippen molar-refractivity contribution in [3.63, 3.8) is 0 Å². The second-order valence-electron chi connectivity index (χ2n) is 7.54. The summed E-state index contributed by atoms with van der Waals surface area (Å²) in [6.45, 7) is 4.98. The number of thioether (sulfide) groups is 1. The van der Waals surface area contributed by atoms with E-state index < -0.39 is 5.97 Å². The molecule has 0 spiro atoms. The molecule has 2 heterocycles. The molecule has 0 radical (unpaired) electrons. The minimum absolute atomic E-state index is 0.0973. The van der Waals surface area contributed by atoms with E-state index in [2.05, 4.69) is 6.92 Å². The average molecular weight is 405 g/mol. The van der Waals surface area contributed by atoms with E-state index >= 15 is 0 Å². The molecule has 2 saturated heterocycles. The van der Waals surface area contributed by atoms with E-state index in [-0.39, 0.29) is 18.4 Å². The first-order valence-electron chi connectivity index (χ1n) is 9.99. The van der Waals surface area contributed by atoms with Gasteiger partial charge in [-0.15, -0.1) is 11.8 Å². The summed E-state index contributed by atoms with van der Waals surface area (Å²) in [4.78, 5) is 41.4. The summed E-state index contributed by atoms with van der Waals surface area (Å²) in [5.41, 5.74) is 0.404. The highest BCUT2D eigenvalue weighted by Crippen LogP contribution is 2.24. The minimum atomic E-state index is -0.518. The summed E-state index contributed by atoms with van der Waals surface area (Å²) in [6, 6.07) is 7.09. The third kappa shape index (κ3) is 5.50. The van der Waals surface area contributed by atoms with Crippen molar-refractivity contribution in [3.05, 3.63) is 29.8 Å². The van der Waals surface area contributed by atoms with Gasteiger partial charge in [0, 0.05) is 31.1 Å². The maximum atomic E-state index is 12.5. The molecule has 0 N–H and O–H groups in total. The second kappa shape index (κ2) is 9.96. The fourth-order valence-electron chi connectivity index (χ4n) is 3.67. The first-order valence-corrected chi connectivity index (χ1v) is 11.0. The summed E-state index contributed by atoms with van der Waals surface area (Å²) in [6.07, 6.45) is 4.24. The maximum Gasteiger partial charge on any atom is 0.339 e. The molecule has 0 aliphatic carbocycles. The fraction of sp³-hybridized carbons (Fsp3) is 0.571. The van der Waals surface area contributed by atoms with Gasteiger partial charge in [0.2, 0.25) is 5.91 Å². The number of benzene rings is 1. The molecule has 1 unspecified atom stereocenters. The molecule has 0 saturated carbocycles. The van der Waals surface area contributed by atoms with Crippen LogP contribution < -0.4 is 0 Å². The van der Waals surface area contributed by atoms with Crippen LogP contribution in [0.1, 0.15) is 43.0 Å². The molecule has 2 fully saturated rings. The zero-order valence-electron chi connectivity index (χ0n) is 16.4. The lowest BCUT2D eigenvalue weighted by Gasteiger charge is -2.30. The predicted molar refractivity (Wildman–Crippen MR) is 108 cm³/mol. The Balaban J connectivity index is 1.53. The topological polar surface area (TPSA) is 66.9 Å². The molecule has 1 aromatic carbocycles. The number of likely N-dealkylation sites (tertiary alicyclic amines) is 2. The molecule has 3 rings (SSSR count). The van der Waals surface area contributed by atoms with Crippen molar-refractivity contribution in [1.82, 2.24) is 9.80 Å². The molecule has 0 bridgehead atoms. The number of hydrogen-bond acceptors (Lipinski definition) is 5. The van der Waals surface area contributed by atoms with E-state index in [4.69, 9.17) is 4.74 Å². The third-order valence-electron chi connectivity index (χ3n) is 5.25. The Morgan fingerprint density at radius 3 is 2.50 bits per heavy atom. The minimum Gasteiger partial charge on any atom is -0.452 e. The largest absolute Gasteiger partial charge is 0.452 e. The van der Waals surface area contributed by atoms with Crippen molar-refractivity contribution in [2.45, 2.75) is 37.5 Å². The van der Waals surface area contributed by atoms with Gasteiger partial charge in [0.15, 0.2) is 6.61 Å². The number of carbonyl (C=O) groups is 3. The maximum absolute atomic E-state index is 12.5. The Labute approximate surface area is 170 Å². The molecule has 7 heteroatoms. The van der Waals surface area contributed by atoms with Gasteiger partial charge >= 0.3 is 5.97 Å². The number of rotatable bonds is 6. The molecule has 6 nitrogen and oxygen atoms in total. The highest BCUT2D eigenvalue weighted by atomic mass is 32.2. The van der Waals surface area contributed by atoms with Crippen molar-refractivity contribution in [2.75, 3.05) is 38.5 Å². The van der Waals surface area contributed by atoms with Gasteiger partial charge in [-0.05, 0) is 43.7 Å². The van der Waals surface area contributed by atoms with Crippen LogP contribution in [-0.2, 0) is 14.3 Å². The van der Waals surface area contributed by atoms with Gasteiger partial charge in [-0.2, -0.15) is 0 Å². The van der Waals surface area contributed by atoms with Crippen molar-refractivity contribution in [2.24, 2.45) is 5.92 Å². The average Bonchev–Trinajstić information content (AvgIpc) is 3.25. The van der Waals surface area contributed by atoms with E-state index in [0.717, 1.165) is 51.9 Å². The van der Waals surface area contributed by atoms with Crippen molar-refractivity contribution in [3.8, 4) is 0 Å². The molecule has 1 atom stereocenters. The normalized spacial score (nSPS) is 19.5. The molecule has 28 heavy (non-hydrogen) atoms. The SMILES string of the molecule is CC1CCCN(C(=O)COC(=O)c2ccccc2SCC(=O)N2CCCC2)C1. The Kier molecular flexibility index (Phi) is 7.36. The van der Waals surface area contributed by atoms with Gasteiger partial charge < -0.3 is 14.5 Å². The molecular weight excluding hydrogens is 376 g/mol. The first kappa shape index (κ1) is 20.7. The van der Waals surface area contributed by atoms with Crippen LogP contribution in [0.3, 0.4) is 0 Å². The van der Waals surface area contributed by atoms with Gasteiger partial charge in [0.25, 0.3) is 5.91 Å². The standard InChI is InChI=1S/C21H28N2O4S/c1-16-7-6-12-23(13-16)19(24)14-27-21(26)17-8-2-3-9-18(17)28-15-20(25)22-10-4-5-11-22/h2-3,8-9,16H,4-7,10-15H2,1H3. The number of esters is 1. The zero-order valence-corrected chi connectivity index (χ0v) is 17.2. The first-order chi connectivity index (χ1) is 13.5.